The van der Waals surface area contributed by atoms with E-state index >= 15 is 0 Å². The molecule has 0 aliphatic carbocycles. The van der Waals surface area contributed by atoms with E-state index in [0.29, 0.717) is 5.75 Å². The van der Waals surface area contributed by atoms with Gasteiger partial charge in [0.25, 0.3) is 0 Å². The van der Waals surface area contributed by atoms with Crippen molar-refractivity contribution in [3.8, 4) is 5.75 Å². The summed E-state index contributed by atoms with van der Waals surface area (Å²) >= 11 is 0. The monoisotopic (exact) mass is 227 g/mol. The van der Waals surface area contributed by atoms with Crippen molar-refractivity contribution in [2.45, 2.75) is 19.4 Å². The molecule has 0 heterocycles. The van der Waals surface area contributed by atoms with Crippen LogP contribution in [-0.4, -0.2) is 30.9 Å². The Labute approximate surface area is 95.2 Å². The molecule has 0 fully saturated rings. The summed E-state index contributed by atoms with van der Waals surface area (Å²) in [6.45, 7) is 3.92. The average Bonchev–Trinajstić information content (AvgIpc) is 2.30. The van der Waals surface area contributed by atoms with Crippen LogP contribution in [0.2, 0.25) is 0 Å². The first kappa shape index (κ1) is 12.9. The van der Waals surface area contributed by atoms with E-state index in [-0.39, 0.29) is 19.0 Å². The minimum Gasteiger partial charge on any atom is -0.491 e. The third-order valence-corrected chi connectivity index (χ3v) is 2.65. The van der Waals surface area contributed by atoms with Gasteiger partial charge in [-0.2, -0.15) is 0 Å². The lowest BCUT2D eigenvalue weighted by atomic mass is 10.1. The summed E-state index contributed by atoms with van der Waals surface area (Å²) in [6.07, 6.45) is 0. The van der Waals surface area contributed by atoms with E-state index < -0.39 is 5.54 Å². The average molecular weight is 227 g/mol. The SMILES string of the molecule is CNC(C)(CO)COc1cc(F)ccc1C. The van der Waals surface area contributed by atoms with E-state index in [0.717, 1.165) is 5.56 Å². The van der Waals surface area contributed by atoms with E-state index in [9.17, 15) is 9.50 Å². The van der Waals surface area contributed by atoms with Gasteiger partial charge in [0.2, 0.25) is 0 Å². The van der Waals surface area contributed by atoms with Crippen molar-refractivity contribution >= 4 is 0 Å². The number of hydrogen-bond acceptors (Lipinski definition) is 3. The third kappa shape index (κ3) is 3.18. The molecular weight excluding hydrogens is 209 g/mol. The normalized spacial score (nSPS) is 14.6. The first-order valence-corrected chi connectivity index (χ1v) is 5.19. The highest BCUT2D eigenvalue weighted by Crippen LogP contribution is 2.19. The van der Waals surface area contributed by atoms with Crippen LogP contribution < -0.4 is 10.1 Å². The standard InChI is InChI=1S/C12H18FNO2/c1-9-4-5-10(13)6-11(9)16-8-12(2,7-15)14-3/h4-6,14-15H,7-8H2,1-3H3. The Morgan fingerprint density at radius 2 is 2.19 bits per heavy atom. The smallest absolute Gasteiger partial charge is 0.126 e. The number of aliphatic hydroxyl groups excluding tert-OH is 1. The third-order valence-electron chi connectivity index (χ3n) is 2.65. The van der Waals surface area contributed by atoms with Gasteiger partial charge < -0.3 is 15.2 Å². The molecule has 1 rings (SSSR count). The van der Waals surface area contributed by atoms with Crippen molar-refractivity contribution in [1.29, 1.82) is 0 Å². The van der Waals surface area contributed by atoms with Gasteiger partial charge in [-0.15, -0.1) is 0 Å². The van der Waals surface area contributed by atoms with Crippen molar-refractivity contribution in [2.75, 3.05) is 20.3 Å². The van der Waals surface area contributed by atoms with E-state index in [1.54, 1.807) is 13.1 Å². The van der Waals surface area contributed by atoms with Crippen LogP contribution in [0, 0.1) is 12.7 Å². The number of hydrogen-bond donors (Lipinski definition) is 2. The van der Waals surface area contributed by atoms with E-state index in [1.807, 2.05) is 13.8 Å². The predicted molar refractivity (Wildman–Crippen MR) is 61.2 cm³/mol. The molecule has 1 aromatic rings. The summed E-state index contributed by atoms with van der Waals surface area (Å²) in [7, 11) is 1.75. The molecule has 1 aromatic carbocycles. The molecule has 0 bridgehead atoms. The summed E-state index contributed by atoms with van der Waals surface area (Å²) in [4.78, 5) is 0. The first-order chi connectivity index (χ1) is 7.50. The maximum Gasteiger partial charge on any atom is 0.126 e. The number of aryl methyl sites for hydroxylation is 1. The summed E-state index contributed by atoms with van der Waals surface area (Å²) in [5, 5.41) is 12.1. The Bertz CT molecular complexity index is 351. The van der Waals surface area contributed by atoms with Crippen molar-refractivity contribution in [1.82, 2.24) is 5.32 Å². The van der Waals surface area contributed by atoms with Gasteiger partial charge in [-0.05, 0) is 32.5 Å². The minimum atomic E-state index is -0.515. The number of likely N-dealkylation sites (N-methyl/N-ethyl adjacent to an activating group) is 1. The molecule has 0 aromatic heterocycles. The zero-order valence-electron chi connectivity index (χ0n) is 9.88. The molecule has 3 nitrogen and oxygen atoms in total. The molecule has 0 spiro atoms. The lowest BCUT2D eigenvalue weighted by molar-refractivity contribution is 0.122. The van der Waals surface area contributed by atoms with Gasteiger partial charge >= 0.3 is 0 Å². The first-order valence-electron chi connectivity index (χ1n) is 5.19. The molecule has 0 amide bonds. The van der Waals surface area contributed by atoms with Gasteiger partial charge in [0.1, 0.15) is 18.2 Å². The zero-order valence-corrected chi connectivity index (χ0v) is 9.88. The highest BCUT2D eigenvalue weighted by Gasteiger charge is 2.22. The molecule has 2 N–H and O–H groups in total. The van der Waals surface area contributed by atoms with Crippen molar-refractivity contribution in [3.63, 3.8) is 0 Å². The predicted octanol–water partition coefficient (Wildman–Crippen LogP) is 1.48. The van der Waals surface area contributed by atoms with E-state index in [2.05, 4.69) is 5.32 Å². The maximum absolute atomic E-state index is 13.0. The van der Waals surface area contributed by atoms with Crippen molar-refractivity contribution < 1.29 is 14.2 Å². The molecule has 0 aliphatic heterocycles. The summed E-state index contributed by atoms with van der Waals surface area (Å²) in [6, 6.07) is 4.41. The van der Waals surface area contributed by atoms with Gasteiger partial charge in [-0.3, -0.25) is 0 Å². The molecule has 0 aliphatic rings. The van der Waals surface area contributed by atoms with Crippen molar-refractivity contribution in [3.05, 3.63) is 29.6 Å². The quantitative estimate of drug-likeness (QED) is 0.800. The van der Waals surface area contributed by atoms with E-state index in [1.165, 1.54) is 12.1 Å². The molecule has 1 atom stereocenters. The number of benzene rings is 1. The Hall–Kier alpha value is -1.13. The number of ether oxygens (including phenoxy) is 1. The van der Waals surface area contributed by atoms with Gasteiger partial charge in [-0.25, -0.2) is 4.39 Å². The fraction of sp³-hybridized carbons (Fsp3) is 0.500. The minimum absolute atomic E-state index is 0.0438. The van der Waals surface area contributed by atoms with Crippen LogP contribution in [-0.2, 0) is 0 Å². The van der Waals surface area contributed by atoms with Crippen LogP contribution in [0.5, 0.6) is 5.75 Å². The van der Waals surface area contributed by atoms with Gasteiger partial charge in [0.05, 0.1) is 12.1 Å². The number of aliphatic hydroxyl groups is 1. The lowest BCUT2D eigenvalue weighted by Crippen LogP contribution is -2.48. The van der Waals surface area contributed by atoms with Crippen LogP contribution >= 0.6 is 0 Å². The Morgan fingerprint density at radius 3 is 2.75 bits per heavy atom. The largest absolute Gasteiger partial charge is 0.491 e. The molecule has 0 saturated carbocycles. The molecule has 90 valence electrons. The second-order valence-corrected chi connectivity index (χ2v) is 4.17. The molecule has 0 radical (unpaired) electrons. The Morgan fingerprint density at radius 1 is 1.50 bits per heavy atom. The highest BCUT2D eigenvalue weighted by atomic mass is 19.1. The van der Waals surface area contributed by atoms with Gasteiger partial charge in [0, 0.05) is 6.07 Å². The fourth-order valence-electron chi connectivity index (χ4n) is 1.16. The molecule has 16 heavy (non-hydrogen) atoms. The summed E-state index contributed by atoms with van der Waals surface area (Å²) < 4.78 is 18.5. The van der Waals surface area contributed by atoms with Crippen LogP contribution in [0.15, 0.2) is 18.2 Å². The number of halogens is 1. The van der Waals surface area contributed by atoms with Crippen LogP contribution in [0.25, 0.3) is 0 Å². The number of rotatable bonds is 5. The second-order valence-electron chi connectivity index (χ2n) is 4.17. The number of nitrogens with one attached hydrogen (secondary N) is 1. The highest BCUT2D eigenvalue weighted by molar-refractivity contribution is 5.32. The summed E-state index contributed by atoms with van der Waals surface area (Å²) in [5.74, 6) is 0.186. The second kappa shape index (κ2) is 5.27. The van der Waals surface area contributed by atoms with Gasteiger partial charge in [0.15, 0.2) is 0 Å². The Kier molecular flexibility index (Phi) is 4.26. The van der Waals surface area contributed by atoms with Crippen LogP contribution in [0.1, 0.15) is 12.5 Å². The maximum atomic E-state index is 13.0. The van der Waals surface area contributed by atoms with Crippen molar-refractivity contribution in [2.24, 2.45) is 0 Å². The fourth-order valence-corrected chi connectivity index (χ4v) is 1.16. The van der Waals surface area contributed by atoms with Gasteiger partial charge in [-0.1, -0.05) is 6.07 Å². The van der Waals surface area contributed by atoms with E-state index in [4.69, 9.17) is 4.74 Å². The zero-order chi connectivity index (χ0) is 12.2. The molecule has 1 unspecified atom stereocenters. The lowest BCUT2D eigenvalue weighted by Gasteiger charge is -2.27. The molecule has 0 saturated heterocycles. The Balaban J connectivity index is 2.70. The molecular formula is C12H18FNO2. The molecule has 4 heteroatoms. The van der Waals surface area contributed by atoms with Crippen LogP contribution in [0.4, 0.5) is 4.39 Å². The topological polar surface area (TPSA) is 41.5 Å². The summed E-state index contributed by atoms with van der Waals surface area (Å²) in [5.41, 5.74) is 0.358. The van der Waals surface area contributed by atoms with Crippen LogP contribution in [0.3, 0.4) is 0 Å².